The Morgan fingerprint density at radius 1 is 0.947 bits per heavy atom. The molecule has 0 spiro atoms. The van der Waals surface area contributed by atoms with Crippen LogP contribution in [0.3, 0.4) is 0 Å². The lowest BCUT2D eigenvalue weighted by Crippen LogP contribution is -2.19. The number of hydrazone groups is 1. The topological polar surface area (TPSA) is 101 Å². The molecule has 2 amide bonds. The molecule has 0 saturated heterocycles. The van der Waals surface area contributed by atoms with Crippen LogP contribution in [-0.4, -0.2) is 32.8 Å². The number of benzene rings is 3. The van der Waals surface area contributed by atoms with Crippen molar-refractivity contribution in [1.29, 1.82) is 0 Å². The second kappa shape index (κ2) is 11.2. The third-order valence-corrected chi connectivity index (χ3v) is 6.84. The smallest absolute Gasteiger partial charge is 0.257 e. The number of nitrogens with one attached hydrogen (secondary N) is 2. The van der Waals surface area contributed by atoms with Crippen LogP contribution in [0.1, 0.15) is 37.6 Å². The molecule has 38 heavy (non-hydrogen) atoms. The summed E-state index contributed by atoms with van der Waals surface area (Å²) in [5, 5.41) is 16.7. The highest BCUT2D eigenvalue weighted by atomic mass is 32.1. The molecular weight excluding hydrogens is 496 g/mol. The molecule has 0 radical (unpaired) electrons. The molecule has 2 N–H and O–H groups in total. The average Bonchev–Trinajstić information content (AvgIpc) is 3.50. The van der Waals surface area contributed by atoms with Gasteiger partial charge in [-0.05, 0) is 37.6 Å². The van der Waals surface area contributed by atoms with Gasteiger partial charge in [0.15, 0.2) is 0 Å². The van der Waals surface area contributed by atoms with Crippen molar-refractivity contribution in [2.75, 3.05) is 5.32 Å². The standard InChI is InChI=1S/C29H26N6O2S/c1-19-7-11-21(12-8-19)17-35-18-23(24-5-3-4-6-25(24)35)16-30-32-26(36)15-27-33-34-29(38-27)31-28(37)22-13-9-20(2)10-14-22/h3-14,16,18H,15,17H2,1-2H3,(H,32,36)(H,31,34,37). The lowest BCUT2D eigenvalue weighted by molar-refractivity contribution is -0.120. The van der Waals surface area contributed by atoms with Crippen LogP contribution >= 0.6 is 11.3 Å². The zero-order valence-electron chi connectivity index (χ0n) is 21.0. The first kappa shape index (κ1) is 25.0. The summed E-state index contributed by atoms with van der Waals surface area (Å²) < 4.78 is 2.18. The molecule has 9 heteroatoms. The number of amides is 2. The number of para-hydroxylation sites is 1. The molecule has 3 aromatic carbocycles. The van der Waals surface area contributed by atoms with E-state index >= 15 is 0 Å². The monoisotopic (exact) mass is 522 g/mol. The summed E-state index contributed by atoms with van der Waals surface area (Å²) in [5.74, 6) is -0.597. The number of carbonyl (C=O) groups excluding carboxylic acids is 2. The molecule has 0 aliphatic heterocycles. The van der Waals surface area contributed by atoms with E-state index in [0.717, 1.165) is 39.9 Å². The largest absolute Gasteiger partial charge is 0.342 e. The Bertz CT molecular complexity index is 1620. The second-order valence-electron chi connectivity index (χ2n) is 9.01. The summed E-state index contributed by atoms with van der Waals surface area (Å²) in [6.07, 6.45) is 3.69. The summed E-state index contributed by atoms with van der Waals surface area (Å²) in [7, 11) is 0. The average molecular weight is 523 g/mol. The molecule has 0 atom stereocenters. The molecule has 0 bridgehead atoms. The lowest BCUT2D eigenvalue weighted by atomic mass is 10.1. The van der Waals surface area contributed by atoms with Gasteiger partial charge in [0.25, 0.3) is 5.91 Å². The summed E-state index contributed by atoms with van der Waals surface area (Å²) in [5.41, 5.74) is 8.60. The molecular formula is C29H26N6O2S. The predicted octanol–water partition coefficient (Wildman–Crippen LogP) is 5.10. The highest BCUT2D eigenvalue weighted by Gasteiger charge is 2.13. The molecule has 8 nitrogen and oxygen atoms in total. The van der Waals surface area contributed by atoms with Crippen LogP contribution in [0.4, 0.5) is 5.13 Å². The molecule has 2 aromatic heterocycles. The van der Waals surface area contributed by atoms with Crippen molar-refractivity contribution in [1.82, 2.24) is 20.2 Å². The number of aryl methyl sites for hydroxylation is 2. The summed E-state index contributed by atoms with van der Waals surface area (Å²) in [6.45, 7) is 4.77. The predicted molar refractivity (Wildman–Crippen MR) is 151 cm³/mol. The highest BCUT2D eigenvalue weighted by Crippen LogP contribution is 2.22. The lowest BCUT2D eigenvalue weighted by Gasteiger charge is -2.06. The third kappa shape index (κ3) is 6.01. The van der Waals surface area contributed by atoms with Gasteiger partial charge < -0.3 is 4.57 Å². The van der Waals surface area contributed by atoms with Crippen molar-refractivity contribution >= 4 is 45.4 Å². The van der Waals surface area contributed by atoms with Gasteiger partial charge in [-0.2, -0.15) is 5.10 Å². The van der Waals surface area contributed by atoms with E-state index < -0.39 is 0 Å². The van der Waals surface area contributed by atoms with Gasteiger partial charge in [-0.15, -0.1) is 10.2 Å². The van der Waals surface area contributed by atoms with Crippen LogP contribution in [0.2, 0.25) is 0 Å². The first-order valence-electron chi connectivity index (χ1n) is 12.1. The first-order chi connectivity index (χ1) is 18.4. The van der Waals surface area contributed by atoms with Gasteiger partial charge in [0.1, 0.15) is 5.01 Å². The van der Waals surface area contributed by atoms with Crippen molar-refractivity contribution in [2.45, 2.75) is 26.8 Å². The van der Waals surface area contributed by atoms with Gasteiger partial charge >= 0.3 is 0 Å². The SMILES string of the molecule is Cc1ccc(Cn2cc(C=NNC(=O)Cc3nnc(NC(=O)c4ccc(C)cc4)s3)c3ccccc32)cc1. The summed E-state index contributed by atoms with van der Waals surface area (Å²) in [4.78, 5) is 24.8. The number of aromatic nitrogens is 3. The van der Waals surface area contributed by atoms with Crippen LogP contribution in [0, 0.1) is 13.8 Å². The van der Waals surface area contributed by atoms with E-state index in [9.17, 15) is 9.59 Å². The van der Waals surface area contributed by atoms with E-state index in [-0.39, 0.29) is 18.2 Å². The Labute approximate surface area is 224 Å². The van der Waals surface area contributed by atoms with E-state index in [0.29, 0.717) is 15.7 Å². The van der Waals surface area contributed by atoms with Gasteiger partial charge in [0.05, 0.1) is 12.6 Å². The maximum Gasteiger partial charge on any atom is 0.257 e. The molecule has 0 aliphatic rings. The van der Waals surface area contributed by atoms with Gasteiger partial charge in [0.2, 0.25) is 11.0 Å². The molecule has 2 heterocycles. The van der Waals surface area contributed by atoms with E-state index in [1.54, 1.807) is 18.3 Å². The van der Waals surface area contributed by atoms with Crippen molar-refractivity contribution in [3.8, 4) is 0 Å². The van der Waals surface area contributed by atoms with Crippen LogP contribution in [-0.2, 0) is 17.8 Å². The zero-order valence-corrected chi connectivity index (χ0v) is 21.8. The van der Waals surface area contributed by atoms with Crippen LogP contribution in [0.25, 0.3) is 10.9 Å². The van der Waals surface area contributed by atoms with Gasteiger partial charge in [-0.3, -0.25) is 14.9 Å². The molecule has 0 fully saturated rings. The quantitative estimate of drug-likeness (QED) is 0.219. The van der Waals surface area contributed by atoms with Crippen LogP contribution < -0.4 is 10.7 Å². The number of rotatable bonds is 8. The van der Waals surface area contributed by atoms with Gasteiger partial charge in [-0.25, -0.2) is 5.43 Å². The Hall–Kier alpha value is -4.63. The Balaban J connectivity index is 1.20. The van der Waals surface area contributed by atoms with E-state index in [2.05, 4.69) is 67.9 Å². The van der Waals surface area contributed by atoms with Crippen LogP contribution in [0.5, 0.6) is 0 Å². The third-order valence-electron chi connectivity index (χ3n) is 6.00. The molecule has 0 saturated carbocycles. The highest BCUT2D eigenvalue weighted by molar-refractivity contribution is 7.15. The second-order valence-corrected chi connectivity index (χ2v) is 10.1. The molecule has 190 valence electrons. The maximum atomic E-state index is 12.4. The zero-order chi connectivity index (χ0) is 26.5. The molecule has 5 rings (SSSR count). The maximum absolute atomic E-state index is 12.4. The number of anilines is 1. The molecule has 5 aromatic rings. The Morgan fingerprint density at radius 3 is 2.42 bits per heavy atom. The first-order valence-corrected chi connectivity index (χ1v) is 12.9. The van der Waals surface area contributed by atoms with Crippen molar-refractivity contribution in [3.63, 3.8) is 0 Å². The summed E-state index contributed by atoms with van der Waals surface area (Å²) in [6, 6.07) is 23.8. The number of fused-ring (bicyclic) bond motifs is 1. The van der Waals surface area contributed by atoms with E-state index in [4.69, 9.17) is 0 Å². The Morgan fingerprint density at radius 2 is 1.66 bits per heavy atom. The van der Waals surface area contributed by atoms with Gasteiger partial charge in [-0.1, -0.05) is 77.1 Å². The number of nitrogens with zero attached hydrogens (tertiary/aromatic N) is 4. The molecule has 0 unspecified atom stereocenters. The minimum Gasteiger partial charge on any atom is -0.342 e. The number of carbonyl (C=O) groups is 2. The minimum atomic E-state index is -0.322. The number of hydrogen-bond donors (Lipinski definition) is 2. The van der Waals surface area contributed by atoms with Crippen molar-refractivity contribution in [2.24, 2.45) is 5.10 Å². The molecule has 0 aliphatic carbocycles. The van der Waals surface area contributed by atoms with Crippen LogP contribution in [0.15, 0.2) is 84.1 Å². The minimum absolute atomic E-state index is 0.00456. The fourth-order valence-corrected chi connectivity index (χ4v) is 4.73. The van der Waals surface area contributed by atoms with Crippen molar-refractivity contribution in [3.05, 3.63) is 112 Å². The number of hydrogen-bond acceptors (Lipinski definition) is 6. The van der Waals surface area contributed by atoms with Crippen molar-refractivity contribution < 1.29 is 9.59 Å². The fourth-order valence-electron chi connectivity index (χ4n) is 4.00. The Kier molecular flexibility index (Phi) is 7.37. The summed E-state index contributed by atoms with van der Waals surface area (Å²) >= 11 is 1.15. The normalized spacial score (nSPS) is 11.2. The van der Waals surface area contributed by atoms with Gasteiger partial charge in [0, 0.05) is 34.8 Å². The van der Waals surface area contributed by atoms with E-state index in [1.165, 1.54) is 11.1 Å². The fraction of sp³-hybridized carbons (Fsp3) is 0.138. The van der Waals surface area contributed by atoms with E-state index in [1.807, 2.05) is 43.5 Å².